The second kappa shape index (κ2) is 11.8. The van der Waals surface area contributed by atoms with E-state index in [0.717, 1.165) is 28.7 Å². The van der Waals surface area contributed by atoms with E-state index in [2.05, 4.69) is 4.74 Å². The molecular weight excluding hydrogens is 434 g/mol. The Labute approximate surface area is 197 Å². The molecule has 0 bridgehead atoms. The fraction of sp³-hybridized carbons (Fsp3) is 0.296. The van der Waals surface area contributed by atoms with Crippen LogP contribution in [0.5, 0.6) is 0 Å². The second-order valence-electron chi connectivity index (χ2n) is 7.94. The summed E-state index contributed by atoms with van der Waals surface area (Å²) in [4.78, 5) is 11.6. The fourth-order valence-corrected chi connectivity index (χ4v) is 5.21. The molecule has 0 aliphatic rings. The molecule has 0 amide bonds. The molecule has 6 heteroatoms. The summed E-state index contributed by atoms with van der Waals surface area (Å²) < 4.78 is 32.9. The van der Waals surface area contributed by atoms with E-state index < -0.39 is 10.0 Å². The molecule has 0 aliphatic heterocycles. The Balaban J connectivity index is 1.67. The van der Waals surface area contributed by atoms with Crippen LogP contribution in [0.4, 0.5) is 0 Å². The van der Waals surface area contributed by atoms with Gasteiger partial charge < -0.3 is 4.74 Å². The van der Waals surface area contributed by atoms with E-state index in [1.165, 1.54) is 7.11 Å². The molecule has 0 heterocycles. The van der Waals surface area contributed by atoms with Crippen LogP contribution in [0.15, 0.2) is 83.8 Å². The molecule has 33 heavy (non-hydrogen) atoms. The molecule has 0 saturated carbocycles. The van der Waals surface area contributed by atoms with Gasteiger partial charge in [-0.2, -0.15) is 4.31 Å². The molecular formula is C27H31NO4S. The normalized spacial score (nSPS) is 11.5. The minimum Gasteiger partial charge on any atom is -0.469 e. The number of ether oxygens (including phenoxy) is 1. The number of benzene rings is 3. The van der Waals surface area contributed by atoms with E-state index in [9.17, 15) is 13.2 Å². The summed E-state index contributed by atoms with van der Waals surface area (Å²) >= 11 is 0. The first-order valence-electron chi connectivity index (χ1n) is 11.2. The van der Waals surface area contributed by atoms with E-state index >= 15 is 0 Å². The molecule has 0 atom stereocenters. The molecule has 3 aromatic carbocycles. The highest BCUT2D eigenvalue weighted by atomic mass is 32.2. The van der Waals surface area contributed by atoms with E-state index in [1.54, 1.807) is 16.4 Å². The SMILES string of the molecule is CCCN(CCc1ccc(CCC(=O)OC)cc1)S(=O)(=O)c1ccc(-c2ccccc2)cc1. The molecule has 5 nitrogen and oxygen atoms in total. The van der Waals surface area contributed by atoms with Crippen molar-refractivity contribution in [3.05, 3.63) is 90.0 Å². The molecule has 0 fully saturated rings. The van der Waals surface area contributed by atoms with Crippen molar-refractivity contribution in [2.24, 2.45) is 0 Å². The number of carbonyl (C=O) groups excluding carboxylic acids is 1. The third-order valence-corrected chi connectivity index (χ3v) is 7.50. The Bertz CT molecular complexity index is 1130. The lowest BCUT2D eigenvalue weighted by Gasteiger charge is -2.22. The minimum atomic E-state index is -3.58. The summed E-state index contributed by atoms with van der Waals surface area (Å²) in [6, 6.07) is 25.0. The van der Waals surface area contributed by atoms with Crippen molar-refractivity contribution in [3.8, 4) is 11.1 Å². The number of sulfonamides is 1. The Morgan fingerprint density at radius 3 is 1.94 bits per heavy atom. The van der Waals surface area contributed by atoms with E-state index in [1.807, 2.05) is 73.7 Å². The monoisotopic (exact) mass is 465 g/mol. The number of rotatable bonds is 11. The van der Waals surface area contributed by atoms with Crippen LogP contribution in [0.3, 0.4) is 0 Å². The molecule has 174 valence electrons. The zero-order valence-corrected chi connectivity index (χ0v) is 20.1. The van der Waals surface area contributed by atoms with Crippen LogP contribution in [0, 0.1) is 0 Å². The molecule has 0 spiro atoms. The highest BCUT2D eigenvalue weighted by Gasteiger charge is 2.23. The second-order valence-corrected chi connectivity index (χ2v) is 9.88. The summed E-state index contributed by atoms with van der Waals surface area (Å²) in [7, 11) is -2.19. The molecule has 0 unspecified atom stereocenters. The van der Waals surface area contributed by atoms with E-state index in [4.69, 9.17) is 0 Å². The maximum Gasteiger partial charge on any atom is 0.305 e. The molecule has 0 aromatic heterocycles. The van der Waals surface area contributed by atoms with Gasteiger partial charge in [0.15, 0.2) is 0 Å². The van der Waals surface area contributed by atoms with Gasteiger partial charge in [0.1, 0.15) is 0 Å². The number of hydrogen-bond acceptors (Lipinski definition) is 4. The standard InChI is InChI=1S/C27H31NO4S/c1-3-20-28(21-19-23-11-9-22(10-12-23)13-18-27(29)32-2)33(30,31)26-16-14-25(15-17-26)24-7-5-4-6-8-24/h4-12,14-17H,3,13,18-21H2,1-2H3. The van der Waals surface area contributed by atoms with Gasteiger partial charge in [0.05, 0.1) is 12.0 Å². The molecule has 3 aromatic rings. The summed E-state index contributed by atoms with van der Waals surface area (Å²) in [6.45, 7) is 2.87. The summed E-state index contributed by atoms with van der Waals surface area (Å²) in [6.07, 6.45) is 2.34. The van der Waals surface area contributed by atoms with Gasteiger partial charge in [-0.15, -0.1) is 0 Å². The van der Waals surface area contributed by atoms with E-state index in [0.29, 0.717) is 37.2 Å². The topological polar surface area (TPSA) is 63.7 Å². The Hall–Kier alpha value is -2.96. The first kappa shape index (κ1) is 24.7. The van der Waals surface area contributed by atoms with Crippen molar-refractivity contribution in [3.63, 3.8) is 0 Å². The van der Waals surface area contributed by atoms with Gasteiger partial charge in [0.2, 0.25) is 10.0 Å². The van der Waals surface area contributed by atoms with Gasteiger partial charge in [-0.3, -0.25) is 4.79 Å². The van der Waals surface area contributed by atoms with E-state index in [-0.39, 0.29) is 5.97 Å². The van der Waals surface area contributed by atoms with Crippen molar-refractivity contribution in [2.75, 3.05) is 20.2 Å². The maximum atomic E-state index is 13.3. The lowest BCUT2D eigenvalue weighted by Crippen LogP contribution is -2.33. The largest absolute Gasteiger partial charge is 0.469 e. The molecule has 0 aliphatic carbocycles. The number of nitrogens with zero attached hydrogens (tertiary/aromatic N) is 1. The van der Waals surface area contributed by atoms with Gasteiger partial charge in [-0.05, 0) is 53.6 Å². The predicted octanol–water partition coefficient (Wildman–Crippen LogP) is 5.10. The zero-order valence-electron chi connectivity index (χ0n) is 19.2. The summed E-state index contributed by atoms with van der Waals surface area (Å²) in [5, 5.41) is 0. The highest BCUT2D eigenvalue weighted by Crippen LogP contribution is 2.23. The van der Waals surface area contributed by atoms with Crippen molar-refractivity contribution < 1.29 is 17.9 Å². The van der Waals surface area contributed by atoms with Crippen LogP contribution in [0.2, 0.25) is 0 Å². The highest BCUT2D eigenvalue weighted by molar-refractivity contribution is 7.89. The third kappa shape index (κ3) is 6.76. The molecule has 3 rings (SSSR count). The van der Waals surface area contributed by atoms with Gasteiger partial charge in [0.25, 0.3) is 0 Å². The summed E-state index contributed by atoms with van der Waals surface area (Å²) in [5.74, 6) is -0.226. The van der Waals surface area contributed by atoms with Crippen molar-refractivity contribution >= 4 is 16.0 Å². The van der Waals surface area contributed by atoms with Crippen molar-refractivity contribution in [1.82, 2.24) is 4.31 Å². The number of esters is 1. The van der Waals surface area contributed by atoms with Crippen LogP contribution >= 0.6 is 0 Å². The average molecular weight is 466 g/mol. The van der Waals surface area contributed by atoms with Crippen LogP contribution in [0.25, 0.3) is 11.1 Å². The Morgan fingerprint density at radius 2 is 1.36 bits per heavy atom. The van der Waals surface area contributed by atoms with Gasteiger partial charge in [-0.1, -0.05) is 73.7 Å². The Morgan fingerprint density at radius 1 is 0.788 bits per heavy atom. The van der Waals surface area contributed by atoms with Crippen molar-refractivity contribution in [2.45, 2.75) is 37.5 Å². The maximum absolute atomic E-state index is 13.3. The molecule has 0 N–H and O–H groups in total. The number of aryl methyl sites for hydroxylation is 1. The van der Waals surface area contributed by atoms with Crippen LogP contribution in [-0.4, -0.2) is 38.9 Å². The smallest absolute Gasteiger partial charge is 0.305 e. The lowest BCUT2D eigenvalue weighted by atomic mass is 10.1. The quantitative estimate of drug-likeness (QED) is 0.370. The molecule has 0 saturated heterocycles. The van der Waals surface area contributed by atoms with Crippen LogP contribution in [-0.2, 0) is 32.4 Å². The average Bonchev–Trinajstić information content (AvgIpc) is 2.86. The van der Waals surface area contributed by atoms with Gasteiger partial charge >= 0.3 is 5.97 Å². The zero-order chi connectivity index (χ0) is 23.7. The van der Waals surface area contributed by atoms with Gasteiger partial charge in [0, 0.05) is 19.5 Å². The molecule has 0 radical (unpaired) electrons. The fourth-order valence-electron chi connectivity index (χ4n) is 3.68. The third-order valence-electron chi connectivity index (χ3n) is 5.59. The Kier molecular flexibility index (Phi) is 8.80. The number of carbonyl (C=O) groups is 1. The minimum absolute atomic E-state index is 0.226. The first-order chi connectivity index (χ1) is 15.9. The van der Waals surface area contributed by atoms with Crippen LogP contribution < -0.4 is 0 Å². The number of hydrogen-bond donors (Lipinski definition) is 0. The predicted molar refractivity (Wildman–Crippen MR) is 131 cm³/mol. The summed E-state index contributed by atoms with van der Waals surface area (Å²) in [5.41, 5.74) is 4.17. The lowest BCUT2D eigenvalue weighted by molar-refractivity contribution is -0.140. The number of methoxy groups -OCH3 is 1. The van der Waals surface area contributed by atoms with Crippen molar-refractivity contribution in [1.29, 1.82) is 0 Å². The first-order valence-corrected chi connectivity index (χ1v) is 12.7. The van der Waals surface area contributed by atoms with Crippen LogP contribution in [0.1, 0.15) is 30.9 Å². The van der Waals surface area contributed by atoms with Gasteiger partial charge in [-0.25, -0.2) is 8.42 Å².